The predicted molar refractivity (Wildman–Crippen MR) is 43.6 cm³/mol. The van der Waals surface area contributed by atoms with E-state index in [2.05, 4.69) is 5.32 Å². The molecule has 1 aliphatic rings. The molecule has 2 nitrogen and oxygen atoms in total. The number of rotatable bonds is 1. The van der Waals surface area contributed by atoms with Crippen molar-refractivity contribution in [2.24, 2.45) is 0 Å². The summed E-state index contributed by atoms with van der Waals surface area (Å²) in [7, 11) is 0. The van der Waals surface area contributed by atoms with Crippen molar-refractivity contribution in [3.8, 4) is 0 Å². The van der Waals surface area contributed by atoms with Gasteiger partial charge in [0.15, 0.2) is 0 Å². The molecule has 0 saturated carbocycles. The minimum Gasteiger partial charge on any atom is -0.307 e. The highest BCUT2D eigenvalue weighted by Crippen LogP contribution is 2.06. The zero-order valence-corrected chi connectivity index (χ0v) is 7.04. The molecule has 1 saturated heterocycles. The molecule has 1 N–H and O–H groups in total. The molecule has 0 aromatic carbocycles. The Labute approximate surface area is 67.8 Å². The van der Waals surface area contributed by atoms with Gasteiger partial charge in [0.2, 0.25) is 0 Å². The minimum absolute atomic E-state index is 0. The molecule has 0 bridgehead atoms. The van der Waals surface area contributed by atoms with Crippen LogP contribution in [0.4, 0.5) is 0 Å². The molecule has 0 aromatic heterocycles. The monoisotopic (exact) mass is 163 g/mol. The van der Waals surface area contributed by atoms with Crippen LogP contribution >= 0.6 is 12.4 Å². The molecule has 0 spiro atoms. The molecule has 1 aliphatic heterocycles. The van der Waals surface area contributed by atoms with Gasteiger partial charge >= 0.3 is 0 Å². The zero-order valence-electron chi connectivity index (χ0n) is 6.22. The van der Waals surface area contributed by atoms with Crippen LogP contribution in [0.1, 0.15) is 26.2 Å². The fourth-order valence-corrected chi connectivity index (χ4v) is 1.20. The predicted octanol–water partition coefficient (Wildman–Crippen LogP) is 1.14. The highest BCUT2D eigenvalue weighted by molar-refractivity contribution is 5.85. The van der Waals surface area contributed by atoms with Crippen LogP contribution in [0, 0.1) is 0 Å². The van der Waals surface area contributed by atoms with Gasteiger partial charge in [-0.25, -0.2) is 0 Å². The Balaban J connectivity index is 0.000000810. The molecule has 0 aliphatic carbocycles. The molecule has 0 unspecified atom stereocenters. The average Bonchev–Trinajstić information content (AvgIpc) is 1.90. The van der Waals surface area contributed by atoms with Gasteiger partial charge < -0.3 is 5.32 Å². The highest BCUT2D eigenvalue weighted by Gasteiger charge is 2.15. The van der Waals surface area contributed by atoms with E-state index in [1.54, 1.807) is 6.92 Å². The summed E-state index contributed by atoms with van der Waals surface area (Å²) in [5.41, 5.74) is 0. The summed E-state index contributed by atoms with van der Waals surface area (Å²) in [4.78, 5) is 10.7. The first-order chi connectivity index (χ1) is 4.30. The van der Waals surface area contributed by atoms with Gasteiger partial charge in [0.05, 0.1) is 6.04 Å². The number of piperidine rings is 1. The lowest BCUT2D eigenvalue weighted by Gasteiger charge is -2.20. The van der Waals surface area contributed by atoms with E-state index in [9.17, 15) is 4.79 Å². The largest absolute Gasteiger partial charge is 0.307 e. The second-order valence-electron chi connectivity index (χ2n) is 2.61. The third-order valence-electron chi connectivity index (χ3n) is 1.80. The van der Waals surface area contributed by atoms with Gasteiger partial charge in [-0.1, -0.05) is 6.42 Å². The summed E-state index contributed by atoms with van der Waals surface area (Å²) >= 11 is 0. The van der Waals surface area contributed by atoms with Gasteiger partial charge in [0.1, 0.15) is 5.78 Å². The van der Waals surface area contributed by atoms with Crippen LogP contribution < -0.4 is 5.32 Å². The standard InChI is InChI=1S/C7H13NO.ClH/c1-6(9)7-4-2-3-5-8-7;/h7-8H,2-5H2,1H3;1H/t7-;/m1./s1. The Hall–Kier alpha value is -0.0800. The first kappa shape index (κ1) is 9.92. The van der Waals surface area contributed by atoms with Crippen molar-refractivity contribution < 1.29 is 4.79 Å². The lowest BCUT2D eigenvalue weighted by atomic mass is 10.0. The number of Topliss-reactive ketones (excluding diaryl/α,β-unsaturated/α-hetero) is 1. The Kier molecular flexibility index (Phi) is 4.65. The molecular formula is C7H14ClNO. The van der Waals surface area contributed by atoms with Crippen molar-refractivity contribution in [1.29, 1.82) is 0 Å². The van der Waals surface area contributed by atoms with Crippen molar-refractivity contribution in [2.45, 2.75) is 32.2 Å². The normalized spacial score (nSPS) is 25.1. The van der Waals surface area contributed by atoms with Crippen LogP contribution in [0.25, 0.3) is 0 Å². The molecule has 60 valence electrons. The fourth-order valence-electron chi connectivity index (χ4n) is 1.20. The third-order valence-corrected chi connectivity index (χ3v) is 1.80. The number of halogens is 1. The minimum atomic E-state index is 0. The van der Waals surface area contributed by atoms with Crippen LogP contribution in [-0.4, -0.2) is 18.4 Å². The van der Waals surface area contributed by atoms with Gasteiger partial charge in [-0.3, -0.25) is 4.79 Å². The third kappa shape index (κ3) is 2.67. The Morgan fingerprint density at radius 3 is 2.50 bits per heavy atom. The van der Waals surface area contributed by atoms with Crippen LogP contribution in [0.3, 0.4) is 0 Å². The topological polar surface area (TPSA) is 29.1 Å². The number of nitrogens with one attached hydrogen (secondary N) is 1. The second-order valence-corrected chi connectivity index (χ2v) is 2.61. The smallest absolute Gasteiger partial charge is 0.146 e. The van der Waals surface area contributed by atoms with Crippen LogP contribution in [0.2, 0.25) is 0 Å². The van der Waals surface area contributed by atoms with E-state index in [-0.39, 0.29) is 24.2 Å². The van der Waals surface area contributed by atoms with Gasteiger partial charge in [-0.15, -0.1) is 12.4 Å². The van der Waals surface area contributed by atoms with Crippen LogP contribution in [0.5, 0.6) is 0 Å². The first-order valence-corrected chi connectivity index (χ1v) is 3.54. The molecule has 3 heteroatoms. The van der Waals surface area contributed by atoms with Gasteiger partial charge in [-0.2, -0.15) is 0 Å². The van der Waals surface area contributed by atoms with E-state index in [1.807, 2.05) is 0 Å². The molecule has 0 amide bonds. The summed E-state index contributed by atoms with van der Waals surface area (Å²) in [6.45, 7) is 2.67. The maximum Gasteiger partial charge on any atom is 0.146 e. The van der Waals surface area contributed by atoms with Crippen molar-refractivity contribution in [3.05, 3.63) is 0 Å². The Morgan fingerprint density at radius 2 is 2.20 bits per heavy atom. The molecule has 1 fully saturated rings. The first-order valence-electron chi connectivity index (χ1n) is 3.54. The van der Waals surface area contributed by atoms with Gasteiger partial charge in [0, 0.05) is 0 Å². The lowest BCUT2D eigenvalue weighted by molar-refractivity contribution is -0.119. The number of hydrogen-bond donors (Lipinski definition) is 1. The van der Waals surface area contributed by atoms with E-state index in [0.717, 1.165) is 13.0 Å². The molecule has 10 heavy (non-hydrogen) atoms. The summed E-state index contributed by atoms with van der Waals surface area (Å²) in [5.74, 6) is 0.287. The summed E-state index contributed by atoms with van der Waals surface area (Å²) < 4.78 is 0. The number of hydrogen-bond acceptors (Lipinski definition) is 2. The molecule has 1 heterocycles. The summed E-state index contributed by atoms with van der Waals surface area (Å²) in [6.07, 6.45) is 3.47. The summed E-state index contributed by atoms with van der Waals surface area (Å²) in [6, 6.07) is 0.166. The fraction of sp³-hybridized carbons (Fsp3) is 0.857. The van der Waals surface area contributed by atoms with Crippen molar-refractivity contribution >= 4 is 18.2 Å². The SMILES string of the molecule is CC(=O)[C@H]1CCCCN1.Cl. The highest BCUT2D eigenvalue weighted by atomic mass is 35.5. The molecule has 0 radical (unpaired) electrons. The maximum atomic E-state index is 10.7. The average molecular weight is 164 g/mol. The van der Waals surface area contributed by atoms with E-state index in [0.29, 0.717) is 0 Å². The summed E-state index contributed by atoms with van der Waals surface area (Å²) in [5, 5.41) is 3.17. The lowest BCUT2D eigenvalue weighted by Crippen LogP contribution is -2.38. The quantitative estimate of drug-likeness (QED) is 0.628. The Bertz CT molecular complexity index is 110. The molecular weight excluding hydrogens is 150 g/mol. The molecule has 1 atom stereocenters. The molecule has 0 aromatic rings. The number of ketones is 1. The van der Waals surface area contributed by atoms with E-state index >= 15 is 0 Å². The van der Waals surface area contributed by atoms with Crippen molar-refractivity contribution in [3.63, 3.8) is 0 Å². The van der Waals surface area contributed by atoms with E-state index in [1.165, 1.54) is 12.8 Å². The Morgan fingerprint density at radius 1 is 1.50 bits per heavy atom. The van der Waals surface area contributed by atoms with Crippen LogP contribution in [0.15, 0.2) is 0 Å². The van der Waals surface area contributed by atoms with Gasteiger partial charge in [-0.05, 0) is 26.3 Å². The van der Waals surface area contributed by atoms with Crippen molar-refractivity contribution in [2.75, 3.05) is 6.54 Å². The van der Waals surface area contributed by atoms with Crippen LogP contribution in [-0.2, 0) is 4.79 Å². The number of carbonyl (C=O) groups excluding carboxylic acids is 1. The second kappa shape index (κ2) is 4.69. The zero-order chi connectivity index (χ0) is 6.69. The molecule has 1 rings (SSSR count). The maximum absolute atomic E-state index is 10.7. The van der Waals surface area contributed by atoms with E-state index < -0.39 is 0 Å². The number of carbonyl (C=O) groups is 1. The van der Waals surface area contributed by atoms with Gasteiger partial charge in [0.25, 0.3) is 0 Å². The van der Waals surface area contributed by atoms with E-state index in [4.69, 9.17) is 0 Å². The van der Waals surface area contributed by atoms with Crippen molar-refractivity contribution in [1.82, 2.24) is 5.32 Å².